The van der Waals surface area contributed by atoms with Crippen molar-refractivity contribution in [2.45, 2.75) is 24.8 Å². The van der Waals surface area contributed by atoms with Crippen molar-refractivity contribution in [1.29, 1.82) is 0 Å². The third-order valence-electron chi connectivity index (χ3n) is 6.62. The highest BCUT2D eigenvalue weighted by atomic mass is 19.1. The second kappa shape index (κ2) is 10.2. The van der Waals surface area contributed by atoms with E-state index in [1.54, 1.807) is 12.1 Å². The van der Waals surface area contributed by atoms with Gasteiger partial charge < -0.3 is 15.0 Å². The Balaban J connectivity index is 1.35. The molecule has 2 aliphatic rings. The van der Waals surface area contributed by atoms with E-state index in [1.165, 1.54) is 11.1 Å². The lowest BCUT2D eigenvalue weighted by Crippen LogP contribution is -2.54. The summed E-state index contributed by atoms with van der Waals surface area (Å²) < 4.78 is 19.1. The highest BCUT2D eigenvalue weighted by Gasteiger charge is 2.35. The van der Waals surface area contributed by atoms with Gasteiger partial charge in [-0.15, -0.1) is 0 Å². The average Bonchev–Trinajstić information content (AvgIpc) is 2.82. The number of rotatable bonds is 5. The summed E-state index contributed by atoms with van der Waals surface area (Å²) in [5.74, 6) is 0.760. The Morgan fingerprint density at radius 3 is 2.32 bits per heavy atom. The summed E-state index contributed by atoms with van der Waals surface area (Å²) in [7, 11) is 1.85. The van der Waals surface area contributed by atoms with E-state index >= 15 is 0 Å². The molecule has 166 valence electrons. The van der Waals surface area contributed by atoms with Crippen LogP contribution >= 0.6 is 0 Å². The van der Waals surface area contributed by atoms with Crippen molar-refractivity contribution >= 4 is 5.96 Å². The Kier molecular flexibility index (Phi) is 7.20. The van der Waals surface area contributed by atoms with Crippen molar-refractivity contribution in [1.82, 2.24) is 15.1 Å². The first-order valence-electron chi connectivity index (χ1n) is 11.2. The first-order valence-corrected chi connectivity index (χ1v) is 11.2. The Morgan fingerprint density at radius 1 is 1.00 bits per heavy atom. The van der Waals surface area contributed by atoms with Crippen molar-refractivity contribution < 1.29 is 9.13 Å². The van der Waals surface area contributed by atoms with Crippen LogP contribution in [0, 0.1) is 5.82 Å². The van der Waals surface area contributed by atoms with Crippen LogP contribution in [0.25, 0.3) is 0 Å². The molecule has 0 saturated carbocycles. The molecule has 0 amide bonds. The number of guanidine groups is 1. The van der Waals surface area contributed by atoms with Gasteiger partial charge in [-0.2, -0.15) is 0 Å². The maximum Gasteiger partial charge on any atom is 0.193 e. The summed E-state index contributed by atoms with van der Waals surface area (Å²) in [6, 6.07) is 17.6. The number of benzene rings is 2. The summed E-state index contributed by atoms with van der Waals surface area (Å²) in [4.78, 5) is 9.41. The van der Waals surface area contributed by atoms with Gasteiger partial charge in [0.25, 0.3) is 0 Å². The van der Waals surface area contributed by atoms with E-state index in [9.17, 15) is 4.39 Å². The molecule has 0 unspecified atom stereocenters. The van der Waals surface area contributed by atoms with Crippen LogP contribution in [0.15, 0.2) is 59.6 Å². The second-order valence-electron chi connectivity index (χ2n) is 8.55. The molecule has 6 heteroatoms. The summed E-state index contributed by atoms with van der Waals surface area (Å²) in [6.07, 6.45) is 1.85. The quantitative estimate of drug-likeness (QED) is 0.591. The molecule has 0 bridgehead atoms. The van der Waals surface area contributed by atoms with Gasteiger partial charge in [-0.1, -0.05) is 42.5 Å². The number of hydrogen-bond donors (Lipinski definition) is 1. The number of piperazine rings is 1. The zero-order valence-electron chi connectivity index (χ0n) is 18.4. The van der Waals surface area contributed by atoms with Crippen LogP contribution in [0.1, 0.15) is 24.0 Å². The number of ether oxygens (including phenoxy) is 1. The van der Waals surface area contributed by atoms with E-state index in [2.05, 4.69) is 50.4 Å². The largest absolute Gasteiger partial charge is 0.381 e. The molecule has 31 heavy (non-hydrogen) atoms. The van der Waals surface area contributed by atoms with Crippen LogP contribution in [-0.2, 0) is 16.7 Å². The van der Waals surface area contributed by atoms with Gasteiger partial charge in [0.1, 0.15) is 5.82 Å². The molecule has 2 aliphatic heterocycles. The minimum atomic E-state index is -0.192. The molecular weight excluding hydrogens is 391 g/mol. The molecule has 0 aliphatic carbocycles. The molecule has 5 nitrogen and oxygen atoms in total. The summed E-state index contributed by atoms with van der Waals surface area (Å²) >= 11 is 0. The van der Waals surface area contributed by atoms with Gasteiger partial charge in [-0.3, -0.25) is 9.89 Å². The predicted octanol–water partition coefficient (Wildman–Crippen LogP) is 3.27. The molecule has 0 atom stereocenters. The Labute approximate surface area is 184 Å². The number of halogens is 1. The topological polar surface area (TPSA) is 40.1 Å². The van der Waals surface area contributed by atoms with Crippen LogP contribution in [0.2, 0.25) is 0 Å². The number of hydrogen-bond acceptors (Lipinski definition) is 3. The van der Waals surface area contributed by atoms with Crippen LogP contribution in [-0.4, -0.2) is 68.7 Å². The normalized spacial score (nSPS) is 19.9. The third-order valence-corrected chi connectivity index (χ3v) is 6.62. The molecule has 2 aromatic rings. The van der Waals surface area contributed by atoms with Gasteiger partial charge in [-0.05, 0) is 36.1 Å². The van der Waals surface area contributed by atoms with E-state index in [0.29, 0.717) is 0 Å². The number of nitrogens with one attached hydrogen (secondary N) is 1. The molecule has 1 N–H and O–H groups in total. The molecule has 2 aromatic carbocycles. The monoisotopic (exact) mass is 424 g/mol. The smallest absolute Gasteiger partial charge is 0.193 e. The van der Waals surface area contributed by atoms with Gasteiger partial charge in [0.2, 0.25) is 0 Å². The lowest BCUT2D eigenvalue weighted by Gasteiger charge is -2.40. The molecule has 0 aromatic heterocycles. The number of aliphatic imine (C=N–C) groups is 1. The van der Waals surface area contributed by atoms with Crippen molar-refractivity contribution in [2.75, 3.05) is 53.0 Å². The van der Waals surface area contributed by atoms with E-state index in [1.807, 2.05) is 19.2 Å². The first kappa shape index (κ1) is 21.8. The molecule has 2 fully saturated rings. The van der Waals surface area contributed by atoms with Gasteiger partial charge in [0, 0.05) is 64.9 Å². The second-order valence-corrected chi connectivity index (χ2v) is 8.55. The lowest BCUT2D eigenvalue weighted by molar-refractivity contribution is 0.0510. The summed E-state index contributed by atoms with van der Waals surface area (Å²) in [6.45, 7) is 7.19. The molecule has 0 radical (unpaired) electrons. The van der Waals surface area contributed by atoms with Gasteiger partial charge in [0.05, 0.1) is 0 Å². The predicted molar refractivity (Wildman–Crippen MR) is 123 cm³/mol. The van der Waals surface area contributed by atoms with Crippen molar-refractivity contribution in [3.63, 3.8) is 0 Å². The van der Waals surface area contributed by atoms with E-state index in [4.69, 9.17) is 4.74 Å². The Morgan fingerprint density at radius 2 is 1.68 bits per heavy atom. The van der Waals surface area contributed by atoms with Crippen molar-refractivity contribution in [3.05, 3.63) is 71.5 Å². The third kappa shape index (κ3) is 5.43. The molecule has 0 spiro atoms. The SMILES string of the molecule is CN=C(NCC1(c2ccc(F)cc2)CCOCC1)N1CCN(Cc2ccccc2)CC1. The lowest BCUT2D eigenvalue weighted by atomic mass is 9.74. The minimum absolute atomic E-state index is 0.0585. The zero-order chi connectivity index (χ0) is 21.5. The molecule has 4 rings (SSSR count). The Hall–Kier alpha value is -2.44. The fourth-order valence-corrected chi connectivity index (χ4v) is 4.67. The van der Waals surface area contributed by atoms with Crippen molar-refractivity contribution in [2.24, 2.45) is 4.99 Å². The number of nitrogens with zero attached hydrogens (tertiary/aromatic N) is 3. The summed E-state index contributed by atoms with van der Waals surface area (Å²) in [5, 5.41) is 3.64. The average molecular weight is 425 g/mol. The molecule has 2 heterocycles. The zero-order valence-corrected chi connectivity index (χ0v) is 18.4. The van der Waals surface area contributed by atoms with Crippen LogP contribution in [0.3, 0.4) is 0 Å². The maximum atomic E-state index is 13.5. The van der Waals surface area contributed by atoms with Gasteiger partial charge in [0.15, 0.2) is 5.96 Å². The minimum Gasteiger partial charge on any atom is -0.381 e. The van der Waals surface area contributed by atoms with Crippen LogP contribution in [0.5, 0.6) is 0 Å². The highest BCUT2D eigenvalue weighted by Crippen LogP contribution is 2.34. The standard InChI is InChI=1S/C25H33FN4O/c1-27-24(30-15-13-29(14-16-30)19-21-5-3-2-4-6-21)28-20-25(11-17-31-18-12-25)22-7-9-23(26)10-8-22/h2-10H,11-20H2,1H3,(H,27,28). The Bertz CT molecular complexity index is 842. The fraction of sp³-hybridized carbons (Fsp3) is 0.480. The molecule has 2 saturated heterocycles. The first-order chi connectivity index (χ1) is 15.2. The van der Waals surface area contributed by atoms with Gasteiger partial charge >= 0.3 is 0 Å². The summed E-state index contributed by atoms with van der Waals surface area (Å²) in [5.41, 5.74) is 2.48. The van der Waals surface area contributed by atoms with Crippen LogP contribution < -0.4 is 5.32 Å². The van der Waals surface area contributed by atoms with E-state index in [0.717, 1.165) is 71.3 Å². The fourth-order valence-electron chi connectivity index (χ4n) is 4.67. The van der Waals surface area contributed by atoms with Crippen LogP contribution in [0.4, 0.5) is 4.39 Å². The highest BCUT2D eigenvalue weighted by molar-refractivity contribution is 5.80. The molecular formula is C25H33FN4O. The van der Waals surface area contributed by atoms with E-state index in [-0.39, 0.29) is 11.2 Å². The van der Waals surface area contributed by atoms with Crippen molar-refractivity contribution in [3.8, 4) is 0 Å². The van der Waals surface area contributed by atoms with Gasteiger partial charge in [-0.25, -0.2) is 4.39 Å². The maximum absolute atomic E-state index is 13.5. The van der Waals surface area contributed by atoms with E-state index < -0.39 is 0 Å².